The van der Waals surface area contributed by atoms with Crippen LogP contribution in [-0.4, -0.2) is 14.7 Å². The molecule has 1 rings (SSSR count). The van der Waals surface area contributed by atoms with Gasteiger partial charge in [-0.25, -0.2) is 9.97 Å². The maximum Gasteiger partial charge on any atom is 0.140 e. The van der Waals surface area contributed by atoms with Crippen molar-refractivity contribution < 1.29 is 0 Å². The average Bonchev–Trinajstić information content (AvgIpc) is 2.00. The first-order valence-electron chi connectivity index (χ1n) is 4.19. The number of nitrogens with two attached hydrogens (primary N) is 1. The Morgan fingerprint density at radius 3 is 2.69 bits per heavy atom. The van der Waals surface area contributed by atoms with E-state index in [2.05, 4.69) is 30.7 Å². The number of hydrogen-bond acceptors (Lipinski definition) is 4. The molecule has 0 atom stereocenters. The van der Waals surface area contributed by atoms with Gasteiger partial charge in [-0.1, -0.05) is 20.8 Å². The Morgan fingerprint density at radius 2 is 2.15 bits per heavy atom. The first-order valence-corrected chi connectivity index (χ1v) is 5.17. The van der Waals surface area contributed by atoms with Gasteiger partial charge >= 0.3 is 0 Å². The molecule has 0 aliphatic rings. The van der Waals surface area contributed by atoms with Gasteiger partial charge < -0.3 is 5.73 Å². The van der Waals surface area contributed by atoms with E-state index >= 15 is 0 Å². The molecule has 4 heteroatoms. The molecule has 0 aliphatic carbocycles. The van der Waals surface area contributed by atoms with Gasteiger partial charge in [0.05, 0.1) is 5.75 Å². The van der Waals surface area contributed by atoms with Crippen LogP contribution in [-0.2, 0) is 5.75 Å². The van der Waals surface area contributed by atoms with E-state index in [4.69, 9.17) is 5.73 Å². The number of nitrogen functional groups attached to an aromatic ring is 1. The fourth-order valence-corrected chi connectivity index (χ4v) is 1.47. The van der Waals surface area contributed by atoms with E-state index in [9.17, 15) is 0 Å². The van der Waals surface area contributed by atoms with E-state index in [1.165, 1.54) is 0 Å². The van der Waals surface area contributed by atoms with Crippen LogP contribution in [0.5, 0.6) is 0 Å². The van der Waals surface area contributed by atoms with Crippen molar-refractivity contribution in [1.82, 2.24) is 9.97 Å². The molecule has 0 spiro atoms. The number of aromatic nitrogens is 2. The molecule has 0 unspecified atom stereocenters. The van der Waals surface area contributed by atoms with E-state index in [1.54, 1.807) is 12.3 Å². The summed E-state index contributed by atoms with van der Waals surface area (Å²) in [7, 11) is 0. The van der Waals surface area contributed by atoms with Gasteiger partial charge in [-0.05, 0) is 6.07 Å². The summed E-state index contributed by atoms with van der Waals surface area (Å²) >= 11 is 1.81. The Bertz CT molecular complexity index is 280. The molecule has 1 heterocycles. The third kappa shape index (κ3) is 4.12. The maximum absolute atomic E-state index is 5.54. The van der Waals surface area contributed by atoms with Crippen LogP contribution in [0.1, 0.15) is 26.6 Å². The van der Waals surface area contributed by atoms with Crippen molar-refractivity contribution in [3.8, 4) is 0 Å². The van der Waals surface area contributed by atoms with Crippen molar-refractivity contribution in [1.29, 1.82) is 0 Å². The second kappa shape index (κ2) is 3.96. The Kier molecular flexibility index (Phi) is 3.14. The van der Waals surface area contributed by atoms with Crippen LogP contribution in [0.25, 0.3) is 0 Å². The maximum atomic E-state index is 5.54. The fourth-order valence-electron chi connectivity index (χ4n) is 0.765. The highest BCUT2D eigenvalue weighted by atomic mass is 32.2. The predicted molar refractivity (Wildman–Crippen MR) is 57.5 cm³/mol. The molecular formula is C9H15N3S. The molecule has 0 saturated carbocycles. The minimum Gasteiger partial charge on any atom is -0.384 e. The van der Waals surface area contributed by atoms with Gasteiger partial charge in [0.15, 0.2) is 0 Å². The lowest BCUT2D eigenvalue weighted by molar-refractivity contribution is 0.800. The molecule has 0 radical (unpaired) electrons. The first kappa shape index (κ1) is 10.3. The van der Waals surface area contributed by atoms with E-state index < -0.39 is 0 Å². The molecule has 1 aromatic rings. The van der Waals surface area contributed by atoms with Gasteiger partial charge in [-0.15, -0.1) is 11.8 Å². The molecule has 13 heavy (non-hydrogen) atoms. The molecule has 1 aromatic heterocycles. The summed E-state index contributed by atoms with van der Waals surface area (Å²) in [5.74, 6) is 2.16. The Hall–Kier alpha value is -0.770. The van der Waals surface area contributed by atoms with Crippen molar-refractivity contribution in [3.05, 3.63) is 18.1 Å². The number of rotatable bonds is 2. The first-order chi connectivity index (χ1) is 5.97. The Balaban J connectivity index is 2.55. The summed E-state index contributed by atoms with van der Waals surface area (Å²) in [6, 6.07) is 1.70. The standard InChI is InChI=1S/C9H15N3S/c1-9(2,3)13-6-8-11-5-4-7(10)12-8/h4-5H,6H2,1-3H3,(H2,10,11,12). The molecular weight excluding hydrogens is 182 g/mol. The third-order valence-corrected chi connectivity index (χ3v) is 2.63. The van der Waals surface area contributed by atoms with Gasteiger partial charge in [0.2, 0.25) is 0 Å². The number of thioether (sulfide) groups is 1. The van der Waals surface area contributed by atoms with Crippen molar-refractivity contribution in [2.45, 2.75) is 31.3 Å². The zero-order chi connectivity index (χ0) is 9.90. The predicted octanol–water partition coefficient (Wildman–Crippen LogP) is 2.09. The van der Waals surface area contributed by atoms with E-state index in [0.29, 0.717) is 5.82 Å². The normalized spacial score (nSPS) is 11.6. The summed E-state index contributed by atoms with van der Waals surface area (Å²) in [4.78, 5) is 8.25. The summed E-state index contributed by atoms with van der Waals surface area (Å²) < 4.78 is 0.244. The highest BCUT2D eigenvalue weighted by molar-refractivity contribution is 7.99. The second-order valence-electron chi connectivity index (χ2n) is 3.80. The number of anilines is 1. The van der Waals surface area contributed by atoms with Crippen LogP contribution < -0.4 is 5.73 Å². The van der Waals surface area contributed by atoms with E-state index in [-0.39, 0.29) is 4.75 Å². The number of nitrogens with zero attached hydrogens (tertiary/aromatic N) is 2. The van der Waals surface area contributed by atoms with Gasteiger partial charge in [0, 0.05) is 10.9 Å². The minimum atomic E-state index is 0.244. The second-order valence-corrected chi connectivity index (χ2v) is 5.60. The van der Waals surface area contributed by atoms with Gasteiger partial charge in [0.25, 0.3) is 0 Å². The summed E-state index contributed by atoms with van der Waals surface area (Å²) in [6.07, 6.45) is 1.70. The smallest absolute Gasteiger partial charge is 0.140 e. The van der Waals surface area contributed by atoms with E-state index in [0.717, 1.165) is 11.6 Å². The van der Waals surface area contributed by atoms with Crippen LogP contribution in [0.4, 0.5) is 5.82 Å². The van der Waals surface area contributed by atoms with Crippen LogP contribution >= 0.6 is 11.8 Å². The van der Waals surface area contributed by atoms with Crippen molar-refractivity contribution in [3.63, 3.8) is 0 Å². The Morgan fingerprint density at radius 1 is 1.46 bits per heavy atom. The monoisotopic (exact) mass is 197 g/mol. The van der Waals surface area contributed by atoms with E-state index in [1.807, 2.05) is 11.8 Å². The highest BCUT2D eigenvalue weighted by Gasteiger charge is 2.11. The molecule has 0 amide bonds. The molecule has 0 saturated heterocycles. The van der Waals surface area contributed by atoms with Crippen LogP contribution in [0, 0.1) is 0 Å². The Labute approximate surface area is 83.2 Å². The molecule has 0 bridgehead atoms. The largest absolute Gasteiger partial charge is 0.384 e. The molecule has 3 nitrogen and oxygen atoms in total. The quantitative estimate of drug-likeness (QED) is 0.788. The van der Waals surface area contributed by atoms with Crippen LogP contribution in [0.15, 0.2) is 12.3 Å². The van der Waals surface area contributed by atoms with Crippen LogP contribution in [0.3, 0.4) is 0 Å². The van der Waals surface area contributed by atoms with Gasteiger partial charge in [-0.2, -0.15) is 0 Å². The van der Waals surface area contributed by atoms with Crippen LogP contribution in [0.2, 0.25) is 0 Å². The fraction of sp³-hybridized carbons (Fsp3) is 0.556. The lowest BCUT2D eigenvalue weighted by atomic mass is 10.3. The SMILES string of the molecule is CC(C)(C)SCc1nccc(N)n1. The zero-order valence-electron chi connectivity index (χ0n) is 8.24. The molecule has 0 fully saturated rings. The summed E-state index contributed by atoms with van der Waals surface area (Å²) in [5, 5.41) is 0. The topological polar surface area (TPSA) is 51.8 Å². The van der Waals surface area contributed by atoms with Crippen molar-refractivity contribution in [2.24, 2.45) is 0 Å². The van der Waals surface area contributed by atoms with Crippen molar-refractivity contribution in [2.75, 3.05) is 5.73 Å². The number of hydrogen-bond donors (Lipinski definition) is 1. The summed E-state index contributed by atoms with van der Waals surface area (Å²) in [6.45, 7) is 6.51. The molecule has 0 aromatic carbocycles. The lowest BCUT2D eigenvalue weighted by Gasteiger charge is -2.16. The highest BCUT2D eigenvalue weighted by Crippen LogP contribution is 2.25. The minimum absolute atomic E-state index is 0.244. The third-order valence-electron chi connectivity index (χ3n) is 1.36. The van der Waals surface area contributed by atoms with Gasteiger partial charge in [-0.3, -0.25) is 0 Å². The molecule has 0 aliphatic heterocycles. The van der Waals surface area contributed by atoms with Crippen molar-refractivity contribution >= 4 is 17.6 Å². The molecule has 72 valence electrons. The summed E-state index contributed by atoms with van der Waals surface area (Å²) in [5.41, 5.74) is 5.54. The molecule has 2 N–H and O–H groups in total. The zero-order valence-corrected chi connectivity index (χ0v) is 9.06. The average molecular weight is 197 g/mol. The lowest BCUT2D eigenvalue weighted by Crippen LogP contribution is -2.08. The van der Waals surface area contributed by atoms with Gasteiger partial charge in [0.1, 0.15) is 11.6 Å².